The Morgan fingerprint density at radius 1 is 0.491 bits per heavy atom. The average molecular weight is 701 g/mol. The standard InChI is InChI=1S/C51H32N4/c1-51(2)38-23-10-8-18-32(38)37-28-42-44-43-34(36-22-12-21-35-33-19-9-11-24-40(33)54(42)48(35)36)20-13-25-41(43)55(49(44)45(37)51)50-46(30-15-4-3-5-16-30)53-47-31-17-7-6-14-29(31)26-27-39(47)52-50/h3-28H,1-2H3. The van der Waals surface area contributed by atoms with E-state index in [0.717, 1.165) is 44.4 Å². The maximum atomic E-state index is 5.69. The molecule has 0 fully saturated rings. The molecule has 8 aromatic carbocycles. The summed E-state index contributed by atoms with van der Waals surface area (Å²) in [5.41, 5.74) is 14.7. The van der Waals surface area contributed by atoms with Gasteiger partial charge in [-0.15, -0.1) is 0 Å². The van der Waals surface area contributed by atoms with Crippen molar-refractivity contribution in [2.45, 2.75) is 19.3 Å². The predicted octanol–water partition coefficient (Wildman–Crippen LogP) is 13.0. The van der Waals surface area contributed by atoms with Crippen molar-refractivity contribution in [3.63, 3.8) is 0 Å². The Balaban J connectivity index is 1.34. The monoisotopic (exact) mass is 700 g/mol. The first-order valence-corrected chi connectivity index (χ1v) is 19.1. The fourth-order valence-corrected chi connectivity index (χ4v) is 10.3. The Labute approximate surface area is 315 Å². The second kappa shape index (κ2) is 10.1. The average Bonchev–Trinajstić information content (AvgIpc) is 3.80. The predicted molar refractivity (Wildman–Crippen MR) is 229 cm³/mol. The zero-order valence-corrected chi connectivity index (χ0v) is 30.3. The summed E-state index contributed by atoms with van der Waals surface area (Å²) < 4.78 is 5.03. The normalized spacial score (nSPS) is 13.8. The summed E-state index contributed by atoms with van der Waals surface area (Å²) in [5.74, 6) is 0.841. The molecule has 256 valence electrons. The van der Waals surface area contributed by atoms with Crippen LogP contribution in [0.25, 0.3) is 110 Å². The molecule has 0 atom stereocenters. The van der Waals surface area contributed by atoms with Gasteiger partial charge in [-0.05, 0) is 57.3 Å². The number of rotatable bonds is 2. The maximum absolute atomic E-state index is 5.69. The molecule has 0 saturated heterocycles. The topological polar surface area (TPSA) is 35.1 Å². The van der Waals surface area contributed by atoms with Crippen molar-refractivity contribution in [3.05, 3.63) is 169 Å². The molecule has 4 nitrogen and oxygen atoms in total. The van der Waals surface area contributed by atoms with Crippen LogP contribution in [-0.2, 0) is 5.41 Å². The minimum absolute atomic E-state index is 0.280. The third kappa shape index (κ3) is 3.57. The summed E-state index contributed by atoms with van der Waals surface area (Å²) >= 11 is 0. The summed E-state index contributed by atoms with van der Waals surface area (Å²) in [4.78, 5) is 11.3. The zero-order chi connectivity index (χ0) is 36.2. The van der Waals surface area contributed by atoms with Crippen LogP contribution in [0.4, 0.5) is 0 Å². The molecule has 1 aliphatic carbocycles. The Morgan fingerprint density at radius 2 is 1.18 bits per heavy atom. The number of fused-ring (bicyclic) bond motifs is 12. The van der Waals surface area contributed by atoms with E-state index in [1.54, 1.807) is 0 Å². The molecule has 0 bridgehead atoms. The van der Waals surface area contributed by atoms with Gasteiger partial charge >= 0.3 is 0 Å². The molecule has 0 spiro atoms. The quantitative estimate of drug-likeness (QED) is 0.168. The number of hydrogen-bond acceptors (Lipinski definition) is 2. The van der Waals surface area contributed by atoms with Gasteiger partial charge in [0.1, 0.15) is 5.69 Å². The zero-order valence-electron chi connectivity index (χ0n) is 30.3. The van der Waals surface area contributed by atoms with E-state index in [-0.39, 0.29) is 5.41 Å². The Hall–Kier alpha value is -7.04. The lowest BCUT2D eigenvalue weighted by Gasteiger charge is -2.24. The molecule has 4 heteroatoms. The lowest BCUT2D eigenvalue weighted by atomic mass is 9.81. The summed E-state index contributed by atoms with van der Waals surface area (Å²) in [6.07, 6.45) is 0. The number of aromatic nitrogens is 4. The van der Waals surface area contributed by atoms with Crippen LogP contribution < -0.4 is 0 Å². The van der Waals surface area contributed by atoms with Crippen LogP contribution in [0.1, 0.15) is 25.0 Å². The number of benzene rings is 8. The van der Waals surface area contributed by atoms with Crippen molar-refractivity contribution in [3.8, 4) is 28.2 Å². The van der Waals surface area contributed by atoms with Crippen LogP contribution in [0.15, 0.2) is 158 Å². The molecule has 0 N–H and O–H groups in total. The molecule has 13 rings (SSSR count). The summed E-state index contributed by atoms with van der Waals surface area (Å²) in [6, 6.07) is 57.5. The van der Waals surface area contributed by atoms with Crippen LogP contribution in [0, 0.1) is 0 Å². The summed E-state index contributed by atoms with van der Waals surface area (Å²) in [6.45, 7) is 4.79. The Morgan fingerprint density at radius 3 is 2.07 bits per heavy atom. The van der Waals surface area contributed by atoms with E-state index < -0.39 is 0 Å². The molecule has 4 aromatic heterocycles. The van der Waals surface area contributed by atoms with Gasteiger partial charge in [0.2, 0.25) is 0 Å². The first-order valence-electron chi connectivity index (χ1n) is 19.1. The summed E-state index contributed by atoms with van der Waals surface area (Å²) in [7, 11) is 0. The van der Waals surface area contributed by atoms with Gasteiger partial charge in [0.15, 0.2) is 5.82 Å². The van der Waals surface area contributed by atoms with Crippen molar-refractivity contribution in [1.29, 1.82) is 0 Å². The molecule has 4 heterocycles. The molecule has 1 aliphatic rings. The van der Waals surface area contributed by atoms with Gasteiger partial charge < -0.3 is 4.40 Å². The minimum Gasteiger partial charge on any atom is -0.308 e. The molecular weight excluding hydrogens is 669 g/mol. The fraction of sp³-hybridized carbons (Fsp3) is 0.0588. The van der Waals surface area contributed by atoms with Crippen LogP contribution in [-0.4, -0.2) is 18.9 Å². The Bertz CT molecular complexity index is 3620. The van der Waals surface area contributed by atoms with E-state index in [9.17, 15) is 0 Å². The molecule has 0 aliphatic heterocycles. The Kier molecular flexibility index (Phi) is 5.42. The lowest BCUT2D eigenvalue weighted by molar-refractivity contribution is 0.664. The number of nitrogens with zero attached hydrogens (tertiary/aromatic N) is 4. The molecule has 0 radical (unpaired) electrons. The molecule has 0 unspecified atom stereocenters. The molecule has 0 amide bonds. The summed E-state index contributed by atoms with van der Waals surface area (Å²) in [5, 5.41) is 9.79. The largest absolute Gasteiger partial charge is 0.308 e. The second-order valence-corrected chi connectivity index (χ2v) is 15.7. The maximum Gasteiger partial charge on any atom is 0.165 e. The second-order valence-electron chi connectivity index (χ2n) is 15.7. The molecular formula is C51H32N4. The van der Waals surface area contributed by atoms with Gasteiger partial charge in [-0.1, -0.05) is 147 Å². The van der Waals surface area contributed by atoms with Crippen molar-refractivity contribution in [1.82, 2.24) is 18.9 Å². The molecule has 55 heavy (non-hydrogen) atoms. The number of para-hydroxylation sites is 2. The van der Waals surface area contributed by atoms with Crippen LogP contribution in [0.5, 0.6) is 0 Å². The van der Waals surface area contributed by atoms with Crippen LogP contribution >= 0.6 is 0 Å². The van der Waals surface area contributed by atoms with Crippen LogP contribution in [0.3, 0.4) is 0 Å². The smallest absolute Gasteiger partial charge is 0.165 e. The van der Waals surface area contributed by atoms with Crippen molar-refractivity contribution in [2.75, 3.05) is 0 Å². The first kappa shape index (κ1) is 29.4. The lowest BCUT2D eigenvalue weighted by Crippen LogP contribution is -2.17. The van der Waals surface area contributed by atoms with E-state index in [2.05, 4.69) is 181 Å². The van der Waals surface area contributed by atoms with Crippen molar-refractivity contribution < 1.29 is 0 Å². The first-order chi connectivity index (χ1) is 27.1. The van der Waals surface area contributed by atoms with Gasteiger partial charge in [-0.2, -0.15) is 0 Å². The number of hydrogen-bond donors (Lipinski definition) is 0. The highest BCUT2D eigenvalue weighted by molar-refractivity contribution is 6.32. The molecule has 12 aromatic rings. The van der Waals surface area contributed by atoms with Gasteiger partial charge in [0.25, 0.3) is 0 Å². The van der Waals surface area contributed by atoms with Gasteiger partial charge in [-0.25, -0.2) is 9.97 Å². The molecule has 0 saturated carbocycles. The van der Waals surface area contributed by atoms with Crippen LogP contribution in [0.2, 0.25) is 0 Å². The SMILES string of the molecule is CC1(C)c2ccccc2-c2cc3c4c5c(cccc5n(-c5nc6ccc7ccccc7c6nc5-c5ccccc5)c4c21)c1cccc2c4ccccc4n3c12. The highest BCUT2D eigenvalue weighted by Gasteiger charge is 2.40. The van der Waals surface area contributed by atoms with E-state index in [1.165, 1.54) is 76.6 Å². The highest BCUT2D eigenvalue weighted by Crippen LogP contribution is 2.56. The van der Waals surface area contributed by atoms with Gasteiger partial charge in [0.05, 0.1) is 38.6 Å². The fourth-order valence-electron chi connectivity index (χ4n) is 10.3. The van der Waals surface area contributed by atoms with E-state index in [0.29, 0.717) is 0 Å². The van der Waals surface area contributed by atoms with E-state index in [1.807, 2.05) is 0 Å². The van der Waals surface area contributed by atoms with Crippen molar-refractivity contribution in [2.24, 2.45) is 0 Å². The van der Waals surface area contributed by atoms with E-state index >= 15 is 0 Å². The van der Waals surface area contributed by atoms with Crippen molar-refractivity contribution >= 4 is 81.7 Å². The third-order valence-electron chi connectivity index (χ3n) is 12.6. The van der Waals surface area contributed by atoms with E-state index in [4.69, 9.17) is 9.97 Å². The minimum atomic E-state index is -0.280. The van der Waals surface area contributed by atoms with Gasteiger partial charge in [0, 0.05) is 43.3 Å². The highest BCUT2D eigenvalue weighted by atomic mass is 15.1. The third-order valence-corrected chi connectivity index (χ3v) is 12.6. The van der Waals surface area contributed by atoms with Gasteiger partial charge in [-0.3, -0.25) is 4.57 Å².